The number of anilines is 1. The predicted octanol–water partition coefficient (Wildman–Crippen LogP) is 3.65. The fourth-order valence-corrected chi connectivity index (χ4v) is 4.29. The van der Waals surface area contributed by atoms with Gasteiger partial charge in [0.25, 0.3) is 5.91 Å². The van der Waals surface area contributed by atoms with E-state index in [-0.39, 0.29) is 11.8 Å². The minimum absolute atomic E-state index is 0.301. The number of amides is 2. The number of aromatic nitrogens is 2. The average Bonchev–Trinajstić information content (AvgIpc) is 3.11. The van der Waals surface area contributed by atoms with E-state index in [4.69, 9.17) is 9.47 Å². The SMILES string of the molecule is COc1ccc([C@@H]2c3c(C)nn(C)c3NC(=O)[C@H]2NC(=O)c2ccccc2)cc1OCC(C)C. The third-order valence-electron chi connectivity index (χ3n) is 5.88. The van der Waals surface area contributed by atoms with Crippen LogP contribution in [0.1, 0.15) is 46.9 Å². The van der Waals surface area contributed by atoms with Crippen LogP contribution in [0.5, 0.6) is 11.5 Å². The number of rotatable bonds is 7. The molecule has 2 atom stereocenters. The Morgan fingerprint density at radius 3 is 2.59 bits per heavy atom. The molecule has 178 valence electrons. The summed E-state index contributed by atoms with van der Waals surface area (Å²) in [6.45, 7) is 6.57. The molecule has 2 N–H and O–H groups in total. The molecule has 2 amide bonds. The van der Waals surface area contributed by atoms with E-state index < -0.39 is 12.0 Å². The largest absolute Gasteiger partial charge is 0.493 e. The van der Waals surface area contributed by atoms with Crippen LogP contribution in [-0.4, -0.2) is 41.4 Å². The Bertz CT molecular complexity index is 1200. The highest BCUT2D eigenvalue weighted by molar-refractivity contribution is 6.03. The van der Waals surface area contributed by atoms with Gasteiger partial charge < -0.3 is 20.1 Å². The summed E-state index contributed by atoms with van der Waals surface area (Å²) in [5.74, 6) is 1.08. The van der Waals surface area contributed by atoms with Crippen LogP contribution in [0.15, 0.2) is 48.5 Å². The first-order chi connectivity index (χ1) is 16.3. The maximum absolute atomic E-state index is 13.3. The van der Waals surface area contributed by atoms with Crippen LogP contribution in [0, 0.1) is 12.8 Å². The minimum atomic E-state index is -0.838. The standard InChI is InChI=1S/C26H30N4O4/c1-15(2)14-34-20-13-18(11-12-19(20)33-5)22-21-16(3)29-30(4)24(21)28-26(32)23(22)27-25(31)17-9-7-6-8-10-17/h6-13,15,22-23H,14H2,1-5H3,(H,27,31)(H,28,32)/t22-,23+/m1/s1. The highest BCUT2D eigenvalue weighted by Crippen LogP contribution is 2.42. The van der Waals surface area contributed by atoms with Gasteiger partial charge in [-0.3, -0.25) is 14.3 Å². The van der Waals surface area contributed by atoms with E-state index in [2.05, 4.69) is 29.6 Å². The number of benzene rings is 2. The molecule has 0 fully saturated rings. The van der Waals surface area contributed by atoms with E-state index in [9.17, 15) is 9.59 Å². The van der Waals surface area contributed by atoms with Crippen LogP contribution in [0.25, 0.3) is 0 Å². The van der Waals surface area contributed by atoms with Crippen LogP contribution in [0.4, 0.5) is 5.82 Å². The molecule has 4 rings (SSSR count). The van der Waals surface area contributed by atoms with Crippen molar-refractivity contribution in [2.45, 2.75) is 32.7 Å². The van der Waals surface area contributed by atoms with Crippen molar-refractivity contribution >= 4 is 17.6 Å². The first-order valence-electron chi connectivity index (χ1n) is 11.3. The Labute approximate surface area is 199 Å². The lowest BCUT2D eigenvalue weighted by Crippen LogP contribution is -2.50. The normalized spacial score (nSPS) is 17.2. The van der Waals surface area contributed by atoms with E-state index in [1.54, 1.807) is 43.1 Å². The van der Waals surface area contributed by atoms with Gasteiger partial charge in [-0.05, 0) is 42.7 Å². The summed E-state index contributed by atoms with van der Waals surface area (Å²) in [5.41, 5.74) is 2.95. The van der Waals surface area contributed by atoms with E-state index in [0.717, 1.165) is 16.8 Å². The lowest BCUT2D eigenvalue weighted by atomic mass is 9.81. The van der Waals surface area contributed by atoms with Gasteiger partial charge in [-0.15, -0.1) is 0 Å². The number of carbonyl (C=O) groups is 2. The molecule has 1 aliphatic heterocycles. The summed E-state index contributed by atoms with van der Waals surface area (Å²) in [6.07, 6.45) is 0. The van der Waals surface area contributed by atoms with Gasteiger partial charge >= 0.3 is 0 Å². The molecule has 0 radical (unpaired) electrons. The molecule has 2 aromatic carbocycles. The first kappa shape index (κ1) is 23.4. The van der Waals surface area contributed by atoms with E-state index >= 15 is 0 Å². The maximum Gasteiger partial charge on any atom is 0.251 e. The summed E-state index contributed by atoms with van der Waals surface area (Å²) >= 11 is 0. The molecule has 0 bridgehead atoms. The van der Waals surface area contributed by atoms with Crippen LogP contribution in [-0.2, 0) is 11.8 Å². The summed E-state index contributed by atoms with van der Waals surface area (Å²) in [5, 5.41) is 10.4. The van der Waals surface area contributed by atoms with Crippen molar-refractivity contribution in [3.8, 4) is 11.5 Å². The molecule has 3 aromatic rings. The van der Waals surface area contributed by atoms with Crippen LogP contribution >= 0.6 is 0 Å². The Hall–Kier alpha value is -3.81. The zero-order valence-electron chi connectivity index (χ0n) is 20.1. The minimum Gasteiger partial charge on any atom is -0.493 e. The van der Waals surface area contributed by atoms with Gasteiger partial charge in [-0.25, -0.2) is 0 Å². The quantitative estimate of drug-likeness (QED) is 0.559. The number of nitrogens with one attached hydrogen (secondary N) is 2. The number of aryl methyl sites for hydroxylation is 2. The number of hydrogen-bond donors (Lipinski definition) is 2. The second-order valence-corrected chi connectivity index (χ2v) is 8.87. The van der Waals surface area contributed by atoms with E-state index in [1.807, 2.05) is 31.2 Å². The summed E-state index contributed by atoms with van der Waals surface area (Å²) in [7, 11) is 3.38. The van der Waals surface area contributed by atoms with Gasteiger partial charge in [0.05, 0.1) is 19.4 Å². The van der Waals surface area contributed by atoms with Crippen molar-refractivity contribution in [1.82, 2.24) is 15.1 Å². The van der Waals surface area contributed by atoms with E-state index in [1.165, 1.54) is 0 Å². The summed E-state index contributed by atoms with van der Waals surface area (Å²) in [4.78, 5) is 26.3. The zero-order valence-corrected chi connectivity index (χ0v) is 20.1. The molecular formula is C26H30N4O4. The van der Waals surface area contributed by atoms with Gasteiger partial charge in [0.2, 0.25) is 5.91 Å². The monoisotopic (exact) mass is 462 g/mol. The topological polar surface area (TPSA) is 94.5 Å². The van der Waals surface area contributed by atoms with Crippen LogP contribution in [0.3, 0.4) is 0 Å². The number of nitrogens with zero attached hydrogens (tertiary/aromatic N) is 2. The van der Waals surface area contributed by atoms with Crippen molar-refractivity contribution in [3.63, 3.8) is 0 Å². The Balaban J connectivity index is 1.79. The highest BCUT2D eigenvalue weighted by atomic mass is 16.5. The highest BCUT2D eigenvalue weighted by Gasteiger charge is 2.41. The lowest BCUT2D eigenvalue weighted by Gasteiger charge is -2.33. The molecule has 0 saturated carbocycles. The van der Waals surface area contributed by atoms with Gasteiger partial charge in [0.1, 0.15) is 11.9 Å². The molecule has 0 unspecified atom stereocenters. The molecule has 1 aliphatic rings. The number of ether oxygens (including phenoxy) is 2. The predicted molar refractivity (Wildman–Crippen MR) is 129 cm³/mol. The third kappa shape index (κ3) is 4.48. The molecule has 34 heavy (non-hydrogen) atoms. The van der Waals surface area contributed by atoms with Crippen molar-refractivity contribution in [2.75, 3.05) is 19.0 Å². The second kappa shape index (κ2) is 9.59. The maximum atomic E-state index is 13.3. The van der Waals surface area contributed by atoms with Gasteiger partial charge in [-0.1, -0.05) is 38.1 Å². The van der Waals surface area contributed by atoms with E-state index in [0.29, 0.717) is 35.4 Å². The van der Waals surface area contributed by atoms with Gasteiger partial charge in [-0.2, -0.15) is 5.10 Å². The van der Waals surface area contributed by atoms with Gasteiger partial charge in [0.15, 0.2) is 11.5 Å². The van der Waals surface area contributed by atoms with Crippen LogP contribution < -0.4 is 20.1 Å². The fourth-order valence-electron chi connectivity index (χ4n) is 4.29. The molecule has 0 spiro atoms. The Kier molecular flexibility index (Phi) is 6.58. The number of methoxy groups -OCH3 is 1. The van der Waals surface area contributed by atoms with Crippen molar-refractivity contribution < 1.29 is 19.1 Å². The smallest absolute Gasteiger partial charge is 0.251 e. The molecule has 0 saturated heterocycles. The second-order valence-electron chi connectivity index (χ2n) is 8.87. The molecular weight excluding hydrogens is 432 g/mol. The van der Waals surface area contributed by atoms with Gasteiger partial charge in [0, 0.05) is 24.1 Å². The fraction of sp³-hybridized carbons (Fsp3) is 0.346. The lowest BCUT2D eigenvalue weighted by molar-refractivity contribution is -0.118. The molecule has 2 heterocycles. The molecule has 0 aliphatic carbocycles. The van der Waals surface area contributed by atoms with Crippen molar-refractivity contribution in [2.24, 2.45) is 13.0 Å². The number of carbonyl (C=O) groups excluding carboxylic acids is 2. The summed E-state index contributed by atoms with van der Waals surface area (Å²) < 4.78 is 13.2. The average molecular weight is 463 g/mol. The number of fused-ring (bicyclic) bond motifs is 1. The van der Waals surface area contributed by atoms with Crippen molar-refractivity contribution in [1.29, 1.82) is 0 Å². The Morgan fingerprint density at radius 2 is 1.91 bits per heavy atom. The molecule has 1 aromatic heterocycles. The molecule has 8 nitrogen and oxygen atoms in total. The van der Waals surface area contributed by atoms with Crippen molar-refractivity contribution in [3.05, 3.63) is 70.9 Å². The Morgan fingerprint density at radius 1 is 1.18 bits per heavy atom. The third-order valence-corrected chi connectivity index (χ3v) is 5.88. The summed E-state index contributed by atoms with van der Waals surface area (Å²) in [6, 6.07) is 13.7. The first-order valence-corrected chi connectivity index (χ1v) is 11.3. The zero-order chi connectivity index (χ0) is 24.4. The molecule has 8 heteroatoms. The van der Waals surface area contributed by atoms with Crippen LogP contribution in [0.2, 0.25) is 0 Å². The number of hydrogen-bond acceptors (Lipinski definition) is 5.